The quantitative estimate of drug-likeness (QED) is 0.112. The van der Waals surface area contributed by atoms with Crippen LogP contribution in [0.2, 0.25) is 0 Å². The molecule has 0 spiro atoms. The smallest absolute Gasteiger partial charge is 0.336 e. The lowest BCUT2D eigenvalue weighted by atomic mass is 9.44. The van der Waals surface area contributed by atoms with E-state index in [4.69, 9.17) is 4.74 Å². The van der Waals surface area contributed by atoms with E-state index >= 15 is 0 Å². The maximum atomic E-state index is 7.28. The van der Waals surface area contributed by atoms with Gasteiger partial charge in [-0.3, -0.25) is 0 Å². The molecule has 0 unspecified atom stereocenters. The van der Waals surface area contributed by atoms with Gasteiger partial charge in [0.05, 0.1) is 16.7 Å². The van der Waals surface area contributed by atoms with Crippen molar-refractivity contribution in [3.05, 3.63) is 273 Å². The summed E-state index contributed by atoms with van der Waals surface area (Å²) in [4.78, 5) is 2.53. The van der Waals surface area contributed by atoms with Crippen molar-refractivity contribution in [2.24, 2.45) is 0 Å². The fourth-order valence-electron chi connectivity index (χ4n) is 12.0. The summed E-state index contributed by atoms with van der Waals surface area (Å²) in [6.45, 7) is -0.170. The Bertz CT molecular complexity index is 3840. The topological polar surface area (TPSA) is 17.4 Å². The molecule has 0 bridgehead atoms. The highest BCUT2D eigenvalue weighted by molar-refractivity contribution is 7.20. The van der Waals surface area contributed by atoms with E-state index in [1.54, 1.807) is 0 Å². The number of benzene rings is 11. The van der Waals surface area contributed by atoms with Crippen molar-refractivity contribution in [1.82, 2.24) is 4.57 Å². The molecule has 0 fully saturated rings. The zero-order chi connectivity index (χ0) is 46.9. The van der Waals surface area contributed by atoms with Crippen molar-refractivity contribution >= 4 is 79.8 Å². The minimum atomic E-state index is -2.79. The predicted molar refractivity (Wildman–Crippen MR) is 301 cm³/mol. The first-order valence-electron chi connectivity index (χ1n) is 24.5. The highest BCUT2D eigenvalue weighted by atomic mass is 28.3. The maximum Gasteiger partial charge on any atom is 0.336 e. The first-order valence-corrected chi connectivity index (χ1v) is 26.5. The molecule has 0 amide bonds. The molecule has 0 saturated heterocycles. The zero-order valence-electron chi connectivity index (χ0n) is 38.9. The standard InChI is InChI=1S/C66H45BN2OSi/c1-5-23-49(24-6-1)69-63-39-20-16-35-57(63)58-43-48(46-22-21-31-53(42-46)71(50-25-7-2-8-26-50,51-27-9-3-10-28-51)52-29-11-4-12-30-52)45-65-66(58)67(69)59-44-47(40-41-64(59)70-65)54-32-13-17-36-60(54)68-61-37-18-14-33-55(61)56-34-15-19-38-62(56)68/h1-45H. The van der Waals surface area contributed by atoms with Crippen LogP contribution in [-0.2, 0) is 0 Å². The Kier molecular flexibility index (Phi) is 9.65. The number of hydrogen-bond donors (Lipinski definition) is 0. The molecule has 0 saturated carbocycles. The number of ether oxygens (including phenoxy) is 1. The van der Waals surface area contributed by atoms with Gasteiger partial charge in [-0.15, -0.1) is 0 Å². The second kappa shape index (κ2) is 16.7. The van der Waals surface area contributed by atoms with E-state index in [1.165, 1.54) is 64.8 Å². The van der Waals surface area contributed by atoms with Gasteiger partial charge >= 0.3 is 6.85 Å². The van der Waals surface area contributed by atoms with Crippen molar-refractivity contribution in [2.75, 3.05) is 4.81 Å². The molecule has 3 nitrogen and oxygen atoms in total. The summed E-state index contributed by atoms with van der Waals surface area (Å²) in [5.74, 6) is 1.74. The molecule has 14 rings (SSSR count). The third kappa shape index (κ3) is 6.44. The Hall–Kier alpha value is -8.90. The van der Waals surface area contributed by atoms with Crippen LogP contribution in [-0.4, -0.2) is 19.5 Å². The summed E-state index contributed by atoms with van der Waals surface area (Å²) in [5.41, 5.74) is 15.1. The van der Waals surface area contributed by atoms with Gasteiger partial charge in [0.2, 0.25) is 0 Å². The average molecular weight is 921 g/mol. The van der Waals surface area contributed by atoms with Crippen LogP contribution in [0.4, 0.5) is 11.4 Å². The Morgan fingerprint density at radius 2 is 0.873 bits per heavy atom. The lowest BCUT2D eigenvalue weighted by Crippen LogP contribution is -2.74. The van der Waals surface area contributed by atoms with E-state index in [0.717, 1.165) is 50.6 Å². The molecular formula is C66H45BN2OSi. The van der Waals surface area contributed by atoms with Crippen molar-refractivity contribution in [1.29, 1.82) is 0 Å². The molecule has 2 aliphatic rings. The summed E-state index contributed by atoms with van der Waals surface area (Å²) in [6.07, 6.45) is 0. The van der Waals surface area contributed by atoms with Gasteiger partial charge in [0.15, 0.2) is 8.07 Å². The van der Waals surface area contributed by atoms with Crippen LogP contribution in [0.1, 0.15) is 0 Å². The van der Waals surface area contributed by atoms with Gasteiger partial charge in [-0.1, -0.05) is 218 Å². The fourth-order valence-corrected chi connectivity index (χ4v) is 16.8. The Balaban J connectivity index is 0.970. The van der Waals surface area contributed by atoms with E-state index in [9.17, 15) is 0 Å². The van der Waals surface area contributed by atoms with Gasteiger partial charge in [0.25, 0.3) is 0 Å². The Morgan fingerprint density at radius 3 is 1.52 bits per heavy atom. The van der Waals surface area contributed by atoms with Crippen LogP contribution in [0.25, 0.3) is 60.9 Å². The molecule has 332 valence electrons. The number of para-hydroxylation sites is 5. The molecule has 12 aromatic rings. The highest BCUT2D eigenvalue weighted by Crippen LogP contribution is 2.46. The van der Waals surface area contributed by atoms with Crippen LogP contribution >= 0.6 is 0 Å². The first kappa shape index (κ1) is 41.1. The van der Waals surface area contributed by atoms with Crippen LogP contribution in [0.5, 0.6) is 11.5 Å². The molecule has 0 aliphatic carbocycles. The van der Waals surface area contributed by atoms with Crippen LogP contribution in [0.15, 0.2) is 273 Å². The minimum absolute atomic E-state index is 0.170. The first-order chi connectivity index (χ1) is 35.2. The van der Waals surface area contributed by atoms with Crippen LogP contribution in [0.3, 0.4) is 0 Å². The molecule has 11 aromatic carbocycles. The summed E-state index contributed by atoms with van der Waals surface area (Å²) in [6, 6.07) is 101. The third-order valence-electron chi connectivity index (χ3n) is 15.0. The van der Waals surface area contributed by atoms with Crippen molar-refractivity contribution < 1.29 is 4.74 Å². The largest absolute Gasteiger partial charge is 0.458 e. The Morgan fingerprint density at radius 1 is 0.338 bits per heavy atom. The van der Waals surface area contributed by atoms with Crippen molar-refractivity contribution in [2.45, 2.75) is 0 Å². The number of rotatable bonds is 8. The number of nitrogens with zero attached hydrogens (tertiary/aromatic N) is 2. The molecule has 5 heteroatoms. The van der Waals surface area contributed by atoms with Crippen LogP contribution < -0.4 is 41.2 Å². The van der Waals surface area contributed by atoms with Gasteiger partial charge < -0.3 is 14.1 Å². The Labute approximate surface area is 415 Å². The number of anilines is 2. The van der Waals surface area contributed by atoms with E-state index in [0.29, 0.717) is 0 Å². The SMILES string of the molecule is c1ccc(N2B3c4cc(-c5ccccc5-n5c6ccccc6c6ccccc65)ccc4Oc4cc(-c5cccc([Si](c6ccccc6)(c6ccccc6)c6ccccc6)c5)cc(c43)-c3ccccc32)cc1. The number of aromatic nitrogens is 1. The summed E-state index contributed by atoms with van der Waals surface area (Å²) >= 11 is 0. The van der Waals surface area contributed by atoms with Gasteiger partial charge in [-0.05, 0) is 103 Å². The fraction of sp³-hybridized carbons (Fsp3) is 0. The zero-order valence-corrected chi connectivity index (χ0v) is 39.9. The third-order valence-corrected chi connectivity index (χ3v) is 19.7. The van der Waals surface area contributed by atoms with Crippen molar-refractivity contribution in [3.8, 4) is 50.6 Å². The van der Waals surface area contributed by atoms with E-state index < -0.39 is 8.07 Å². The van der Waals surface area contributed by atoms with Gasteiger partial charge in [-0.2, -0.15) is 0 Å². The number of fused-ring (bicyclic) bond motifs is 7. The lowest BCUT2D eigenvalue weighted by molar-refractivity contribution is 0.487. The van der Waals surface area contributed by atoms with E-state index in [2.05, 4.69) is 282 Å². The summed E-state index contributed by atoms with van der Waals surface area (Å²) in [5, 5.41) is 7.88. The second-order valence-corrected chi connectivity index (χ2v) is 22.5. The van der Waals surface area contributed by atoms with E-state index in [1.807, 2.05) is 0 Å². The number of hydrogen-bond acceptors (Lipinski definition) is 2. The molecule has 71 heavy (non-hydrogen) atoms. The average Bonchev–Trinajstić information content (AvgIpc) is 3.79. The minimum Gasteiger partial charge on any atom is -0.458 e. The molecule has 0 N–H and O–H groups in total. The molecule has 2 aliphatic heterocycles. The van der Waals surface area contributed by atoms with E-state index in [-0.39, 0.29) is 6.85 Å². The van der Waals surface area contributed by atoms with Gasteiger partial charge in [0.1, 0.15) is 11.5 Å². The second-order valence-electron chi connectivity index (χ2n) is 18.7. The highest BCUT2D eigenvalue weighted by Gasteiger charge is 2.45. The van der Waals surface area contributed by atoms with Gasteiger partial charge in [-0.25, -0.2) is 0 Å². The maximum absolute atomic E-state index is 7.28. The van der Waals surface area contributed by atoms with Gasteiger partial charge in [0, 0.05) is 38.7 Å². The normalized spacial score (nSPS) is 12.6. The molecular weight excluding hydrogens is 876 g/mol. The molecule has 0 radical (unpaired) electrons. The summed E-state index contributed by atoms with van der Waals surface area (Å²) < 4.78 is 9.71. The molecule has 1 aromatic heterocycles. The lowest BCUT2D eigenvalue weighted by Gasteiger charge is -2.42. The predicted octanol–water partition coefficient (Wildman–Crippen LogP) is 12.5. The molecule has 0 atom stereocenters. The molecule has 3 heterocycles. The van der Waals surface area contributed by atoms with Crippen LogP contribution in [0, 0.1) is 0 Å². The monoisotopic (exact) mass is 920 g/mol. The summed E-state index contributed by atoms with van der Waals surface area (Å²) in [7, 11) is -2.79. The van der Waals surface area contributed by atoms with Crippen molar-refractivity contribution in [3.63, 3.8) is 0 Å².